The van der Waals surface area contributed by atoms with Crippen molar-refractivity contribution in [3.63, 3.8) is 0 Å². The summed E-state index contributed by atoms with van der Waals surface area (Å²) in [6.07, 6.45) is 4.50. The zero-order valence-electron chi connectivity index (χ0n) is 22.5. The summed E-state index contributed by atoms with van der Waals surface area (Å²) in [5, 5.41) is 8.34. The number of aromatic amines is 1. The predicted molar refractivity (Wildman–Crippen MR) is 144 cm³/mol. The molecule has 0 bridgehead atoms. The maximum absolute atomic E-state index is 13.4. The third kappa shape index (κ3) is 4.96. The number of nitrogens with one attached hydrogen (secondary N) is 1. The number of H-pyrrole nitrogens is 1. The summed E-state index contributed by atoms with van der Waals surface area (Å²) in [5.41, 5.74) is 5.06. The van der Waals surface area contributed by atoms with Gasteiger partial charge in [0.05, 0.1) is 30.1 Å². The van der Waals surface area contributed by atoms with Crippen molar-refractivity contribution < 1.29 is 18.7 Å². The lowest BCUT2D eigenvalue weighted by Gasteiger charge is -2.37. The number of amides is 1. The van der Waals surface area contributed by atoms with E-state index in [2.05, 4.69) is 46.6 Å². The summed E-state index contributed by atoms with van der Waals surface area (Å²) in [4.78, 5) is 27.7. The molecule has 5 heterocycles. The summed E-state index contributed by atoms with van der Waals surface area (Å²) in [6.45, 7) is 9.00. The minimum atomic E-state index is -0.933. The smallest absolute Gasteiger partial charge is 0.318 e. The molecule has 0 aliphatic carbocycles. The van der Waals surface area contributed by atoms with E-state index >= 15 is 0 Å². The number of likely N-dealkylation sites (N-methyl/N-ethyl adjacent to an activating group) is 1. The Morgan fingerprint density at radius 1 is 1.23 bits per heavy atom. The monoisotopic (exact) mass is 535 g/mol. The number of carbonyl (C=O) groups is 1. The van der Waals surface area contributed by atoms with E-state index in [-0.39, 0.29) is 6.10 Å². The highest BCUT2D eigenvalue weighted by Gasteiger charge is 2.32. The lowest BCUT2D eigenvalue weighted by molar-refractivity contribution is -0.128. The molecule has 2 fully saturated rings. The van der Waals surface area contributed by atoms with Crippen molar-refractivity contribution in [2.24, 2.45) is 0 Å². The molecular weight excluding hydrogens is 501 g/mol. The molecule has 6 rings (SSSR count). The molecule has 11 heteroatoms. The molecule has 2 aromatic heterocycles. The van der Waals surface area contributed by atoms with Crippen molar-refractivity contribution in [1.82, 2.24) is 30.0 Å². The van der Waals surface area contributed by atoms with Crippen molar-refractivity contribution in [2.75, 3.05) is 51.3 Å². The van der Waals surface area contributed by atoms with Gasteiger partial charge < -0.3 is 24.2 Å². The van der Waals surface area contributed by atoms with E-state index in [0.29, 0.717) is 57.9 Å². The SMILES string of the molecule is C=C(F)C(=O)N1CCN(c2nc(OCC3CCCN3C)nc3c2COC(c2c(C)ccc4[nH]ncc24)C3)CC1. The number of aryl methyl sites for hydroxylation is 1. The summed E-state index contributed by atoms with van der Waals surface area (Å²) in [6, 6.07) is 4.82. The number of carbonyl (C=O) groups excluding carboxylic acids is 1. The molecule has 10 nitrogen and oxygen atoms in total. The maximum Gasteiger partial charge on any atom is 0.318 e. The van der Waals surface area contributed by atoms with E-state index in [1.54, 1.807) is 0 Å². The lowest BCUT2D eigenvalue weighted by Crippen LogP contribution is -2.49. The van der Waals surface area contributed by atoms with Crippen LogP contribution in [0.3, 0.4) is 0 Å². The van der Waals surface area contributed by atoms with Crippen molar-refractivity contribution >= 4 is 22.6 Å². The first-order valence-electron chi connectivity index (χ1n) is 13.5. The van der Waals surface area contributed by atoms with E-state index < -0.39 is 11.7 Å². The summed E-state index contributed by atoms with van der Waals surface area (Å²) in [7, 11) is 2.12. The molecule has 0 saturated carbocycles. The van der Waals surface area contributed by atoms with Crippen molar-refractivity contribution in [2.45, 2.75) is 44.9 Å². The first-order valence-corrected chi connectivity index (χ1v) is 13.5. The van der Waals surface area contributed by atoms with Crippen LogP contribution in [0.5, 0.6) is 6.01 Å². The molecule has 1 N–H and O–H groups in total. The number of aromatic nitrogens is 4. The van der Waals surface area contributed by atoms with Crippen LogP contribution in [0.15, 0.2) is 30.7 Å². The summed E-state index contributed by atoms with van der Waals surface area (Å²) >= 11 is 0. The maximum atomic E-state index is 13.4. The third-order valence-electron chi connectivity index (χ3n) is 8.24. The minimum Gasteiger partial charge on any atom is -0.462 e. The van der Waals surface area contributed by atoms with Crippen molar-refractivity contribution in [3.05, 3.63) is 53.1 Å². The number of hydrogen-bond acceptors (Lipinski definition) is 8. The Balaban J connectivity index is 1.30. The highest BCUT2D eigenvalue weighted by atomic mass is 19.1. The van der Waals surface area contributed by atoms with E-state index in [1.165, 1.54) is 4.90 Å². The van der Waals surface area contributed by atoms with Crippen LogP contribution in [0, 0.1) is 6.92 Å². The van der Waals surface area contributed by atoms with Gasteiger partial charge in [-0.15, -0.1) is 0 Å². The Morgan fingerprint density at radius 2 is 2.05 bits per heavy atom. The van der Waals surface area contributed by atoms with Gasteiger partial charge in [-0.3, -0.25) is 9.89 Å². The molecule has 1 aromatic carbocycles. The molecule has 0 radical (unpaired) electrons. The third-order valence-corrected chi connectivity index (χ3v) is 8.24. The second-order valence-electron chi connectivity index (χ2n) is 10.7. The van der Waals surface area contributed by atoms with E-state index in [0.717, 1.165) is 58.5 Å². The van der Waals surface area contributed by atoms with Gasteiger partial charge in [0.25, 0.3) is 5.91 Å². The quantitative estimate of drug-likeness (QED) is 0.481. The second kappa shape index (κ2) is 10.5. The fourth-order valence-corrected chi connectivity index (χ4v) is 5.97. The number of likely N-dealkylation sites (tertiary alicyclic amines) is 1. The largest absolute Gasteiger partial charge is 0.462 e. The predicted octanol–water partition coefficient (Wildman–Crippen LogP) is 3.08. The zero-order valence-corrected chi connectivity index (χ0v) is 22.5. The van der Waals surface area contributed by atoms with Gasteiger partial charge in [-0.05, 0) is 50.6 Å². The number of halogens is 1. The van der Waals surface area contributed by atoms with Crippen LogP contribution in [0.25, 0.3) is 10.9 Å². The Kier molecular flexibility index (Phi) is 6.94. The van der Waals surface area contributed by atoms with Crippen LogP contribution >= 0.6 is 0 Å². The van der Waals surface area contributed by atoms with Gasteiger partial charge in [-0.1, -0.05) is 12.6 Å². The molecule has 2 atom stereocenters. The number of hydrogen-bond donors (Lipinski definition) is 1. The average molecular weight is 536 g/mol. The average Bonchev–Trinajstić information content (AvgIpc) is 3.59. The van der Waals surface area contributed by atoms with Crippen LogP contribution in [0.4, 0.5) is 10.2 Å². The van der Waals surface area contributed by atoms with Gasteiger partial charge in [-0.25, -0.2) is 4.39 Å². The van der Waals surface area contributed by atoms with Crippen molar-refractivity contribution in [3.8, 4) is 6.01 Å². The van der Waals surface area contributed by atoms with E-state index in [4.69, 9.17) is 19.4 Å². The molecule has 0 spiro atoms. The van der Waals surface area contributed by atoms with E-state index in [1.807, 2.05) is 12.3 Å². The first kappa shape index (κ1) is 25.7. The Labute approximate surface area is 226 Å². The van der Waals surface area contributed by atoms with Crippen LogP contribution in [-0.2, 0) is 22.6 Å². The molecule has 3 aliphatic heterocycles. The highest BCUT2D eigenvalue weighted by Crippen LogP contribution is 2.38. The fourth-order valence-electron chi connectivity index (χ4n) is 5.97. The zero-order chi connectivity index (χ0) is 27.1. The number of nitrogens with zero attached hydrogens (tertiary/aromatic N) is 6. The second-order valence-corrected chi connectivity index (χ2v) is 10.7. The summed E-state index contributed by atoms with van der Waals surface area (Å²) < 4.78 is 26.1. The molecule has 1 amide bonds. The molecule has 206 valence electrons. The van der Waals surface area contributed by atoms with Crippen LogP contribution in [-0.4, -0.2) is 88.3 Å². The molecule has 2 unspecified atom stereocenters. The molecule has 3 aromatic rings. The van der Waals surface area contributed by atoms with Gasteiger partial charge in [-0.2, -0.15) is 15.1 Å². The molecule has 3 aliphatic rings. The topological polar surface area (TPSA) is 99.7 Å². The number of piperazine rings is 1. The fraction of sp³-hybridized carbons (Fsp3) is 0.500. The van der Waals surface area contributed by atoms with Gasteiger partial charge in [0.2, 0.25) is 0 Å². The number of rotatable bonds is 6. The van der Waals surface area contributed by atoms with Crippen LogP contribution in [0.2, 0.25) is 0 Å². The first-order chi connectivity index (χ1) is 18.9. The lowest BCUT2D eigenvalue weighted by atomic mass is 9.93. The number of fused-ring (bicyclic) bond motifs is 2. The number of anilines is 1. The van der Waals surface area contributed by atoms with Gasteiger partial charge in [0, 0.05) is 49.6 Å². The Morgan fingerprint density at radius 3 is 2.79 bits per heavy atom. The minimum absolute atomic E-state index is 0.180. The van der Waals surface area contributed by atoms with Crippen molar-refractivity contribution in [1.29, 1.82) is 0 Å². The Hall–Kier alpha value is -3.57. The normalized spacial score (nSPS) is 21.8. The molecule has 2 saturated heterocycles. The molecular formula is C28H34FN7O3. The number of ether oxygens (including phenoxy) is 2. The van der Waals surface area contributed by atoms with Crippen LogP contribution < -0.4 is 9.64 Å². The van der Waals surface area contributed by atoms with E-state index in [9.17, 15) is 9.18 Å². The number of benzene rings is 1. The summed E-state index contributed by atoms with van der Waals surface area (Å²) in [5.74, 6) is -0.825. The van der Waals surface area contributed by atoms with Gasteiger partial charge in [0.15, 0.2) is 5.83 Å². The standard InChI is InChI=1S/C28H34FN7O3/c1-17-6-7-22-20(14-30-33-22)25(17)24-13-23-21(16-38-24)26(35-9-11-36(12-10-35)27(37)18(2)29)32-28(31-23)39-15-19-5-4-8-34(19)3/h6-7,14,19,24H,2,4-5,8-13,15-16H2,1,3H3,(H,30,33). The Bertz CT molecular complexity index is 1400. The highest BCUT2D eigenvalue weighted by molar-refractivity contribution is 5.90. The van der Waals surface area contributed by atoms with Crippen LogP contribution in [0.1, 0.15) is 41.3 Å². The van der Waals surface area contributed by atoms with Gasteiger partial charge >= 0.3 is 6.01 Å². The molecule has 39 heavy (non-hydrogen) atoms. The van der Waals surface area contributed by atoms with Gasteiger partial charge in [0.1, 0.15) is 12.4 Å².